The van der Waals surface area contributed by atoms with Crippen molar-refractivity contribution < 1.29 is 9.84 Å². The minimum Gasteiger partial charge on any atom is -0.490 e. The molecule has 1 aromatic rings. The molecule has 136 valence electrons. The molecule has 0 aliphatic carbocycles. The van der Waals surface area contributed by atoms with Crippen LogP contribution in [0.1, 0.15) is 30.5 Å². The molecule has 0 saturated carbocycles. The molecule has 1 fully saturated rings. The van der Waals surface area contributed by atoms with Gasteiger partial charge in [-0.05, 0) is 43.4 Å². The summed E-state index contributed by atoms with van der Waals surface area (Å²) in [4.78, 5) is 4.87. The molecule has 0 aromatic heterocycles. The van der Waals surface area contributed by atoms with Gasteiger partial charge < -0.3 is 14.7 Å². The summed E-state index contributed by atoms with van der Waals surface area (Å²) in [5.74, 6) is 1.65. The van der Waals surface area contributed by atoms with Crippen LogP contribution in [0.25, 0.3) is 0 Å². The zero-order valence-corrected chi connectivity index (χ0v) is 16.0. The lowest BCUT2D eigenvalue weighted by atomic mass is 10.1. The summed E-state index contributed by atoms with van der Waals surface area (Å²) in [6.45, 7) is 17.3. The SMILES string of the molecule is Cc1ccc(C)c(OCC(O)CN2CCN(CC(C)C)CC2)c1C. The van der Waals surface area contributed by atoms with Crippen molar-refractivity contribution in [2.45, 2.75) is 40.7 Å². The summed E-state index contributed by atoms with van der Waals surface area (Å²) in [6, 6.07) is 4.20. The van der Waals surface area contributed by atoms with Crippen molar-refractivity contribution >= 4 is 0 Å². The Hall–Kier alpha value is -1.10. The van der Waals surface area contributed by atoms with Crippen molar-refractivity contribution in [3.8, 4) is 5.75 Å². The number of aryl methyl sites for hydroxylation is 2. The number of ether oxygens (including phenoxy) is 1. The van der Waals surface area contributed by atoms with Gasteiger partial charge in [-0.25, -0.2) is 0 Å². The molecule has 4 heteroatoms. The lowest BCUT2D eigenvalue weighted by molar-refractivity contribution is 0.0437. The summed E-state index contributed by atoms with van der Waals surface area (Å²) in [7, 11) is 0. The first-order chi connectivity index (χ1) is 11.4. The maximum absolute atomic E-state index is 10.3. The second-order valence-corrected chi connectivity index (χ2v) is 7.61. The average molecular weight is 335 g/mol. The van der Waals surface area contributed by atoms with E-state index < -0.39 is 6.10 Å². The van der Waals surface area contributed by atoms with Crippen LogP contribution >= 0.6 is 0 Å². The molecule has 0 radical (unpaired) electrons. The molecule has 1 aliphatic heterocycles. The molecule has 24 heavy (non-hydrogen) atoms. The minimum absolute atomic E-state index is 0.358. The van der Waals surface area contributed by atoms with Crippen LogP contribution in [0.5, 0.6) is 5.75 Å². The highest BCUT2D eigenvalue weighted by Crippen LogP contribution is 2.25. The van der Waals surface area contributed by atoms with Crippen LogP contribution < -0.4 is 4.74 Å². The topological polar surface area (TPSA) is 35.9 Å². The molecule has 2 rings (SSSR count). The predicted molar refractivity (Wildman–Crippen MR) is 99.9 cm³/mol. The second-order valence-electron chi connectivity index (χ2n) is 7.61. The number of aliphatic hydroxyl groups excluding tert-OH is 1. The molecule has 1 aliphatic rings. The number of rotatable bonds is 7. The van der Waals surface area contributed by atoms with Crippen molar-refractivity contribution in [3.05, 3.63) is 28.8 Å². The first kappa shape index (κ1) is 19.2. The summed E-state index contributed by atoms with van der Waals surface area (Å²) in [6.07, 6.45) is -0.444. The Morgan fingerprint density at radius 2 is 1.50 bits per heavy atom. The molecule has 1 heterocycles. The van der Waals surface area contributed by atoms with E-state index in [0.717, 1.165) is 43.4 Å². The highest BCUT2D eigenvalue weighted by atomic mass is 16.5. The fourth-order valence-corrected chi connectivity index (χ4v) is 3.35. The van der Waals surface area contributed by atoms with Gasteiger partial charge in [0.1, 0.15) is 18.5 Å². The fourth-order valence-electron chi connectivity index (χ4n) is 3.35. The highest BCUT2D eigenvalue weighted by molar-refractivity contribution is 5.44. The number of benzene rings is 1. The number of hydrogen-bond acceptors (Lipinski definition) is 4. The molecule has 1 aromatic carbocycles. The van der Waals surface area contributed by atoms with Gasteiger partial charge in [-0.3, -0.25) is 4.90 Å². The van der Waals surface area contributed by atoms with Crippen LogP contribution in [-0.4, -0.2) is 66.9 Å². The third-order valence-corrected chi connectivity index (χ3v) is 4.85. The predicted octanol–water partition coefficient (Wildman–Crippen LogP) is 2.63. The lowest BCUT2D eigenvalue weighted by Gasteiger charge is -2.36. The Balaban J connectivity index is 1.77. The van der Waals surface area contributed by atoms with Crippen molar-refractivity contribution in [1.29, 1.82) is 0 Å². The van der Waals surface area contributed by atoms with Gasteiger partial charge in [-0.15, -0.1) is 0 Å². The Labute approximate surface area is 147 Å². The van der Waals surface area contributed by atoms with Crippen LogP contribution in [0.15, 0.2) is 12.1 Å². The smallest absolute Gasteiger partial charge is 0.125 e. The maximum Gasteiger partial charge on any atom is 0.125 e. The zero-order valence-electron chi connectivity index (χ0n) is 16.0. The molecule has 0 bridgehead atoms. The first-order valence-corrected chi connectivity index (χ1v) is 9.19. The Bertz CT molecular complexity index is 523. The average Bonchev–Trinajstić information content (AvgIpc) is 2.52. The molecule has 1 N–H and O–H groups in total. The Kier molecular flexibility index (Phi) is 7.08. The largest absolute Gasteiger partial charge is 0.490 e. The van der Waals surface area contributed by atoms with Gasteiger partial charge in [0, 0.05) is 39.3 Å². The Morgan fingerprint density at radius 3 is 2.08 bits per heavy atom. The van der Waals surface area contributed by atoms with Gasteiger partial charge in [0.25, 0.3) is 0 Å². The summed E-state index contributed by atoms with van der Waals surface area (Å²) in [5, 5.41) is 10.3. The number of β-amino-alcohol motifs (C(OH)–C–C–N with tert-alkyl or cyclic N) is 1. The van der Waals surface area contributed by atoms with Crippen molar-refractivity contribution in [2.24, 2.45) is 5.92 Å². The summed E-state index contributed by atoms with van der Waals surface area (Å²) >= 11 is 0. The molecule has 1 unspecified atom stereocenters. The van der Waals surface area contributed by atoms with Gasteiger partial charge in [0.05, 0.1) is 0 Å². The van der Waals surface area contributed by atoms with E-state index >= 15 is 0 Å². The van der Waals surface area contributed by atoms with Crippen molar-refractivity contribution in [3.63, 3.8) is 0 Å². The van der Waals surface area contributed by atoms with E-state index in [9.17, 15) is 5.11 Å². The van der Waals surface area contributed by atoms with Crippen LogP contribution in [-0.2, 0) is 0 Å². The summed E-state index contributed by atoms with van der Waals surface area (Å²) in [5.41, 5.74) is 3.53. The normalized spacial score (nSPS) is 18.1. The van der Waals surface area contributed by atoms with Gasteiger partial charge in [0.15, 0.2) is 0 Å². The van der Waals surface area contributed by atoms with Gasteiger partial charge in [0.2, 0.25) is 0 Å². The highest BCUT2D eigenvalue weighted by Gasteiger charge is 2.20. The molecule has 4 nitrogen and oxygen atoms in total. The van der Waals surface area contributed by atoms with Crippen molar-refractivity contribution in [1.82, 2.24) is 9.80 Å². The van der Waals surface area contributed by atoms with E-state index in [2.05, 4.69) is 56.6 Å². The third kappa shape index (κ3) is 5.47. The van der Waals surface area contributed by atoms with E-state index in [1.165, 1.54) is 17.7 Å². The maximum atomic E-state index is 10.3. The number of hydrogen-bond donors (Lipinski definition) is 1. The van der Waals surface area contributed by atoms with E-state index in [-0.39, 0.29) is 0 Å². The molecular weight excluding hydrogens is 300 g/mol. The Morgan fingerprint density at radius 1 is 0.958 bits per heavy atom. The minimum atomic E-state index is -0.444. The fraction of sp³-hybridized carbons (Fsp3) is 0.700. The standard InChI is InChI=1S/C20H34N2O2/c1-15(2)12-21-8-10-22(11-9-21)13-19(23)14-24-20-17(4)7-6-16(3)18(20)5/h6-7,15,19,23H,8-14H2,1-5H3. The van der Waals surface area contributed by atoms with Crippen molar-refractivity contribution in [2.75, 3.05) is 45.9 Å². The van der Waals surface area contributed by atoms with Gasteiger partial charge in [-0.1, -0.05) is 26.0 Å². The number of aliphatic hydroxyl groups is 1. The third-order valence-electron chi connectivity index (χ3n) is 4.85. The van der Waals surface area contributed by atoms with E-state index in [0.29, 0.717) is 13.2 Å². The first-order valence-electron chi connectivity index (χ1n) is 9.19. The van der Waals surface area contributed by atoms with Crippen LogP contribution in [0.4, 0.5) is 0 Å². The van der Waals surface area contributed by atoms with Gasteiger partial charge >= 0.3 is 0 Å². The van der Waals surface area contributed by atoms with E-state index in [1.54, 1.807) is 0 Å². The van der Waals surface area contributed by atoms with Crippen LogP contribution in [0.2, 0.25) is 0 Å². The molecule has 1 saturated heterocycles. The van der Waals surface area contributed by atoms with Crippen LogP contribution in [0.3, 0.4) is 0 Å². The molecule has 0 spiro atoms. The van der Waals surface area contributed by atoms with E-state index in [1.807, 2.05) is 0 Å². The molecule has 1 atom stereocenters. The molecule has 0 amide bonds. The lowest BCUT2D eigenvalue weighted by Crippen LogP contribution is -2.49. The van der Waals surface area contributed by atoms with E-state index in [4.69, 9.17) is 4.74 Å². The zero-order chi connectivity index (χ0) is 17.7. The quantitative estimate of drug-likeness (QED) is 0.831. The van der Waals surface area contributed by atoms with Gasteiger partial charge in [-0.2, -0.15) is 0 Å². The number of nitrogens with zero attached hydrogens (tertiary/aromatic N) is 2. The monoisotopic (exact) mass is 334 g/mol. The second kappa shape index (κ2) is 8.84. The van der Waals surface area contributed by atoms with Crippen LogP contribution in [0, 0.1) is 26.7 Å². The number of piperazine rings is 1. The molecular formula is C20H34N2O2. The summed E-state index contributed by atoms with van der Waals surface area (Å²) < 4.78 is 5.94.